The minimum Gasteiger partial charge on any atom is -0.456 e. The predicted octanol–water partition coefficient (Wildman–Crippen LogP) is 2.11. The van der Waals surface area contributed by atoms with Gasteiger partial charge in [-0.1, -0.05) is 0 Å². The average Bonchev–Trinajstić information content (AvgIpc) is 2.51. The molecule has 1 unspecified atom stereocenters. The van der Waals surface area contributed by atoms with Crippen molar-refractivity contribution in [2.24, 2.45) is 0 Å². The van der Waals surface area contributed by atoms with Gasteiger partial charge in [0.2, 0.25) is 5.76 Å². The first-order chi connectivity index (χ1) is 6.15. The van der Waals surface area contributed by atoms with Gasteiger partial charge in [-0.15, -0.1) is 0 Å². The van der Waals surface area contributed by atoms with Crippen LogP contribution in [0.2, 0.25) is 0 Å². The second kappa shape index (κ2) is 4.10. The summed E-state index contributed by atoms with van der Waals surface area (Å²) in [6, 6.07) is 3.35. The Hall–Kier alpha value is -1.28. The summed E-state index contributed by atoms with van der Waals surface area (Å²) in [6.07, 6.45) is 0.585. The Kier molecular flexibility index (Phi) is 3.09. The molecule has 1 aromatic rings. The van der Waals surface area contributed by atoms with E-state index in [9.17, 15) is 4.79 Å². The lowest BCUT2D eigenvalue weighted by Gasteiger charge is -2.02. The molecule has 1 atom stereocenters. The Bertz CT molecular complexity index is 353. The number of rotatable bonds is 2. The van der Waals surface area contributed by atoms with Crippen LogP contribution in [0, 0.1) is 11.3 Å². The molecule has 5 heteroatoms. The number of esters is 1. The molecule has 0 amide bonds. The Morgan fingerprint density at radius 3 is 3.00 bits per heavy atom. The third-order valence-electron chi connectivity index (χ3n) is 1.27. The molecular formula is C8H6BrNO3. The number of halogens is 1. The summed E-state index contributed by atoms with van der Waals surface area (Å²) in [5.74, 6) is -0.576. The molecule has 0 fully saturated rings. The van der Waals surface area contributed by atoms with Crippen LogP contribution in [-0.2, 0) is 4.74 Å². The van der Waals surface area contributed by atoms with Crippen molar-refractivity contribution in [1.82, 2.24) is 0 Å². The standard InChI is InChI=1S/C8H6BrNO3/c1-5(4-10)13-8(11)7-6(9)2-3-12-7/h2-3,5H,1H3. The molecule has 1 rings (SSSR count). The van der Waals surface area contributed by atoms with Gasteiger partial charge in [-0.3, -0.25) is 0 Å². The zero-order valence-electron chi connectivity index (χ0n) is 6.78. The normalized spacial score (nSPS) is 11.8. The van der Waals surface area contributed by atoms with Crippen LogP contribution in [0.4, 0.5) is 0 Å². The summed E-state index contributed by atoms with van der Waals surface area (Å²) in [7, 11) is 0. The molecule has 0 aliphatic heterocycles. The number of furan rings is 1. The topological polar surface area (TPSA) is 63.2 Å². The maximum atomic E-state index is 11.2. The van der Waals surface area contributed by atoms with E-state index in [0.29, 0.717) is 4.47 Å². The van der Waals surface area contributed by atoms with Crippen LogP contribution in [0.25, 0.3) is 0 Å². The van der Waals surface area contributed by atoms with E-state index in [2.05, 4.69) is 15.9 Å². The van der Waals surface area contributed by atoms with Gasteiger partial charge in [0, 0.05) is 0 Å². The lowest BCUT2D eigenvalue weighted by Crippen LogP contribution is -2.12. The largest absolute Gasteiger partial charge is 0.456 e. The van der Waals surface area contributed by atoms with Crippen molar-refractivity contribution in [3.05, 3.63) is 22.6 Å². The van der Waals surface area contributed by atoms with Crippen molar-refractivity contribution < 1.29 is 13.9 Å². The SMILES string of the molecule is CC(C#N)OC(=O)c1occc1Br. The first-order valence-corrected chi connectivity index (χ1v) is 4.28. The fourth-order valence-electron chi connectivity index (χ4n) is 0.680. The smallest absolute Gasteiger partial charge is 0.376 e. The van der Waals surface area contributed by atoms with Crippen LogP contribution in [-0.4, -0.2) is 12.1 Å². The van der Waals surface area contributed by atoms with Gasteiger partial charge >= 0.3 is 5.97 Å². The molecule has 0 saturated heterocycles. The van der Waals surface area contributed by atoms with Gasteiger partial charge in [-0.25, -0.2) is 4.79 Å². The van der Waals surface area contributed by atoms with E-state index in [4.69, 9.17) is 14.4 Å². The van der Waals surface area contributed by atoms with Crippen molar-refractivity contribution in [3.8, 4) is 6.07 Å². The van der Waals surface area contributed by atoms with E-state index in [1.807, 2.05) is 0 Å². The van der Waals surface area contributed by atoms with Gasteiger partial charge in [0.05, 0.1) is 10.7 Å². The van der Waals surface area contributed by atoms with Crippen LogP contribution in [0.15, 0.2) is 21.2 Å². The van der Waals surface area contributed by atoms with Crippen LogP contribution >= 0.6 is 15.9 Å². The lowest BCUT2D eigenvalue weighted by molar-refractivity contribution is 0.0397. The molecule has 1 heterocycles. The molecule has 0 aliphatic carbocycles. The molecule has 68 valence electrons. The summed E-state index contributed by atoms with van der Waals surface area (Å²) in [6.45, 7) is 1.48. The van der Waals surface area contributed by atoms with Crippen LogP contribution in [0.1, 0.15) is 17.5 Å². The second-order valence-corrected chi connectivity index (χ2v) is 3.13. The Morgan fingerprint density at radius 1 is 1.85 bits per heavy atom. The first kappa shape index (κ1) is 9.81. The van der Waals surface area contributed by atoms with Gasteiger partial charge in [0.25, 0.3) is 0 Å². The minimum absolute atomic E-state index is 0.0714. The molecule has 4 nitrogen and oxygen atoms in total. The van der Waals surface area contributed by atoms with Gasteiger partial charge in [0.1, 0.15) is 6.07 Å². The highest BCUT2D eigenvalue weighted by atomic mass is 79.9. The highest BCUT2D eigenvalue weighted by Crippen LogP contribution is 2.18. The van der Waals surface area contributed by atoms with E-state index in [-0.39, 0.29) is 5.76 Å². The number of nitrogens with zero attached hydrogens (tertiary/aromatic N) is 1. The summed E-state index contributed by atoms with van der Waals surface area (Å²) in [5.41, 5.74) is 0. The summed E-state index contributed by atoms with van der Waals surface area (Å²) in [4.78, 5) is 11.2. The van der Waals surface area contributed by atoms with Crippen molar-refractivity contribution in [3.63, 3.8) is 0 Å². The molecule has 0 aliphatic rings. The molecule has 0 saturated carbocycles. The molecule has 0 aromatic carbocycles. The summed E-state index contributed by atoms with van der Waals surface area (Å²) in [5, 5.41) is 8.38. The first-order valence-electron chi connectivity index (χ1n) is 3.48. The third-order valence-corrected chi connectivity index (χ3v) is 1.89. The third kappa shape index (κ3) is 2.33. The maximum absolute atomic E-state index is 11.2. The molecule has 0 radical (unpaired) electrons. The molecular weight excluding hydrogens is 238 g/mol. The molecule has 1 aromatic heterocycles. The van der Waals surface area contributed by atoms with E-state index < -0.39 is 12.1 Å². The predicted molar refractivity (Wildman–Crippen MR) is 46.9 cm³/mol. The number of nitriles is 1. The highest BCUT2D eigenvalue weighted by molar-refractivity contribution is 9.10. The van der Waals surface area contributed by atoms with Gasteiger partial charge in [-0.2, -0.15) is 5.26 Å². The fraction of sp³-hybridized carbons (Fsp3) is 0.250. The lowest BCUT2D eigenvalue weighted by atomic mass is 10.4. The molecule has 0 N–H and O–H groups in total. The van der Waals surface area contributed by atoms with Crippen LogP contribution in [0.3, 0.4) is 0 Å². The number of hydrogen-bond acceptors (Lipinski definition) is 4. The van der Waals surface area contributed by atoms with E-state index >= 15 is 0 Å². The van der Waals surface area contributed by atoms with E-state index in [1.165, 1.54) is 13.2 Å². The van der Waals surface area contributed by atoms with Crippen LogP contribution in [0.5, 0.6) is 0 Å². The van der Waals surface area contributed by atoms with E-state index in [1.54, 1.807) is 12.1 Å². The summed E-state index contributed by atoms with van der Waals surface area (Å²) >= 11 is 3.10. The zero-order chi connectivity index (χ0) is 9.84. The number of ether oxygens (including phenoxy) is 1. The van der Waals surface area contributed by atoms with Crippen molar-refractivity contribution in [2.75, 3.05) is 0 Å². The maximum Gasteiger partial charge on any atom is 0.376 e. The molecule has 13 heavy (non-hydrogen) atoms. The van der Waals surface area contributed by atoms with Crippen molar-refractivity contribution in [2.45, 2.75) is 13.0 Å². The quantitative estimate of drug-likeness (QED) is 0.747. The van der Waals surface area contributed by atoms with Crippen LogP contribution < -0.4 is 0 Å². The summed E-state index contributed by atoms with van der Waals surface area (Å²) < 4.78 is 10.1. The van der Waals surface area contributed by atoms with Gasteiger partial charge < -0.3 is 9.15 Å². The van der Waals surface area contributed by atoms with E-state index in [0.717, 1.165) is 0 Å². The van der Waals surface area contributed by atoms with Gasteiger partial charge in [0.15, 0.2) is 6.10 Å². The number of carbonyl (C=O) groups excluding carboxylic acids is 1. The van der Waals surface area contributed by atoms with Crippen molar-refractivity contribution in [1.29, 1.82) is 5.26 Å². The zero-order valence-corrected chi connectivity index (χ0v) is 8.37. The number of hydrogen-bond donors (Lipinski definition) is 0. The molecule has 0 spiro atoms. The van der Waals surface area contributed by atoms with Gasteiger partial charge in [-0.05, 0) is 28.9 Å². The fourth-order valence-corrected chi connectivity index (χ4v) is 1.04. The number of carbonyl (C=O) groups is 1. The van der Waals surface area contributed by atoms with Crippen molar-refractivity contribution >= 4 is 21.9 Å². The Morgan fingerprint density at radius 2 is 2.54 bits per heavy atom. The average molecular weight is 244 g/mol. The molecule has 0 bridgehead atoms. The second-order valence-electron chi connectivity index (χ2n) is 2.27. The highest BCUT2D eigenvalue weighted by Gasteiger charge is 2.17. The minimum atomic E-state index is -0.774. The Labute approximate surface area is 83.2 Å². The monoisotopic (exact) mass is 243 g/mol. The Balaban J connectivity index is 2.71.